The van der Waals surface area contributed by atoms with Crippen LogP contribution in [-0.4, -0.2) is 17.1 Å². The molecule has 150 valence electrons. The summed E-state index contributed by atoms with van der Waals surface area (Å²) in [5.74, 6) is -0.161. The summed E-state index contributed by atoms with van der Waals surface area (Å²) in [5, 5.41) is 7.59. The summed E-state index contributed by atoms with van der Waals surface area (Å²) in [6.45, 7) is 5.98. The molecule has 1 heterocycles. The first-order valence-corrected chi connectivity index (χ1v) is 11.2. The summed E-state index contributed by atoms with van der Waals surface area (Å²) in [6, 6.07) is 17.3. The normalized spacial score (nSPS) is 11.7. The van der Waals surface area contributed by atoms with Crippen molar-refractivity contribution in [3.05, 3.63) is 76.0 Å². The third kappa shape index (κ3) is 5.49. The summed E-state index contributed by atoms with van der Waals surface area (Å²) < 4.78 is 0. The summed E-state index contributed by atoms with van der Waals surface area (Å²) >= 11 is 2.87. The van der Waals surface area contributed by atoms with Crippen molar-refractivity contribution in [2.45, 2.75) is 37.3 Å². The Bertz CT molecular complexity index is 1000. The van der Waals surface area contributed by atoms with Crippen LogP contribution in [0.25, 0.3) is 0 Å². The Hall–Kier alpha value is -2.57. The molecule has 0 fully saturated rings. The predicted octanol–water partition coefficient (Wildman–Crippen LogP) is 5.99. The number of hydrogen-bond acceptors (Lipinski definition) is 4. The van der Waals surface area contributed by atoms with E-state index in [1.165, 1.54) is 23.1 Å². The van der Waals surface area contributed by atoms with E-state index in [2.05, 4.69) is 17.6 Å². The Morgan fingerprint density at radius 1 is 1.07 bits per heavy atom. The molecule has 3 aromatic rings. The maximum absolute atomic E-state index is 12.8. The second-order valence-corrected chi connectivity index (χ2v) is 9.03. The maximum Gasteiger partial charge on any atom is 0.265 e. The molecule has 1 aromatic heterocycles. The van der Waals surface area contributed by atoms with Crippen LogP contribution in [0.4, 0.5) is 11.4 Å². The average molecular weight is 425 g/mol. The van der Waals surface area contributed by atoms with Crippen molar-refractivity contribution < 1.29 is 9.59 Å². The van der Waals surface area contributed by atoms with Gasteiger partial charge in [-0.15, -0.1) is 23.1 Å². The molecule has 0 radical (unpaired) electrons. The number of aryl methyl sites for hydroxylation is 2. The highest BCUT2D eigenvalue weighted by molar-refractivity contribution is 8.00. The van der Waals surface area contributed by atoms with E-state index < -0.39 is 0 Å². The first kappa shape index (κ1) is 21.1. The number of benzene rings is 2. The van der Waals surface area contributed by atoms with Gasteiger partial charge in [0.05, 0.1) is 10.1 Å². The van der Waals surface area contributed by atoms with Crippen LogP contribution in [-0.2, 0) is 11.2 Å². The monoisotopic (exact) mass is 424 g/mol. The van der Waals surface area contributed by atoms with Gasteiger partial charge in [-0.2, -0.15) is 0 Å². The Morgan fingerprint density at radius 2 is 1.86 bits per heavy atom. The number of thioether (sulfide) groups is 1. The molecule has 2 N–H and O–H groups in total. The lowest BCUT2D eigenvalue weighted by molar-refractivity contribution is -0.115. The largest absolute Gasteiger partial charge is 0.325 e. The third-order valence-electron chi connectivity index (χ3n) is 4.51. The summed E-state index contributed by atoms with van der Waals surface area (Å²) in [6.07, 6.45) is 0.866. The minimum atomic E-state index is -0.275. The van der Waals surface area contributed by atoms with Gasteiger partial charge in [0.15, 0.2) is 0 Å². The van der Waals surface area contributed by atoms with Gasteiger partial charge in [-0.1, -0.05) is 37.3 Å². The quantitative estimate of drug-likeness (QED) is 0.458. The molecule has 1 atom stereocenters. The number of nitrogens with one attached hydrogen (secondary N) is 2. The van der Waals surface area contributed by atoms with Crippen LogP contribution < -0.4 is 10.6 Å². The zero-order chi connectivity index (χ0) is 20.8. The molecule has 0 aliphatic rings. The fourth-order valence-electron chi connectivity index (χ4n) is 2.93. The van der Waals surface area contributed by atoms with Crippen molar-refractivity contribution in [1.29, 1.82) is 0 Å². The van der Waals surface area contributed by atoms with Gasteiger partial charge in [-0.05, 0) is 61.0 Å². The van der Waals surface area contributed by atoms with E-state index in [9.17, 15) is 9.59 Å². The minimum Gasteiger partial charge on any atom is -0.325 e. The molecule has 0 saturated heterocycles. The standard InChI is InChI=1S/C23H24N2O2S2/c1-4-17-9-5-8-15(2)21(17)25-22(26)16(3)29-19-11-6-10-18(14-19)24-23(27)20-12-7-13-28-20/h5-14,16H,4H2,1-3H3,(H,24,27)(H,25,26). The van der Waals surface area contributed by atoms with Gasteiger partial charge in [0.1, 0.15) is 0 Å². The highest BCUT2D eigenvalue weighted by atomic mass is 32.2. The number of thiophene rings is 1. The zero-order valence-electron chi connectivity index (χ0n) is 16.7. The van der Waals surface area contributed by atoms with Crippen LogP contribution in [0.15, 0.2) is 64.9 Å². The van der Waals surface area contributed by atoms with E-state index >= 15 is 0 Å². The molecule has 4 nitrogen and oxygen atoms in total. The lowest BCUT2D eigenvalue weighted by Gasteiger charge is -2.16. The average Bonchev–Trinajstić information content (AvgIpc) is 3.24. The van der Waals surface area contributed by atoms with E-state index in [0.29, 0.717) is 10.6 Å². The van der Waals surface area contributed by atoms with Crippen LogP contribution in [0.3, 0.4) is 0 Å². The number of carbonyl (C=O) groups is 2. The SMILES string of the molecule is CCc1cccc(C)c1NC(=O)C(C)Sc1cccc(NC(=O)c2cccs2)c1. The number of hydrogen-bond donors (Lipinski definition) is 2. The van der Waals surface area contributed by atoms with Crippen LogP contribution >= 0.6 is 23.1 Å². The van der Waals surface area contributed by atoms with E-state index in [4.69, 9.17) is 0 Å². The van der Waals surface area contributed by atoms with Crippen molar-refractivity contribution in [2.24, 2.45) is 0 Å². The number of rotatable bonds is 7. The molecule has 29 heavy (non-hydrogen) atoms. The van der Waals surface area contributed by atoms with Gasteiger partial charge in [-0.25, -0.2) is 0 Å². The Kier molecular flexibility index (Phi) is 7.12. The summed E-state index contributed by atoms with van der Waals surface area (Å²) in [7, 11) is 0. The lowest BCUT2D eigenvalue weighted by atomic mass is 10.1. The molecule has 2 aromatic carbocycles. The molecule has 3 rings (SSSR count). The lowest BCUT2D eigenvalue weighted by Crippen LogP contribution is -2.23. The Balaban J connectivity index is 1.65. The molecule has 2 amide bonds. The van der Waals surface area contributed by atoms with E-state index in [0.717, 1.165) is 28.1 Å². The number of amides is 2. The zero-order valence-corrected chi connectivity index (χ0v) is 18.3. The van der Waals surface area contributed by atoms with Gasteiger partial charge in [-0.3, -0.25) is 9.59 Å². The maximum atomic E-state index is 12.8. The first-order valence-electron chi connectivity index (χ1n) is 9.49. The highest BCUT2D eigenvalue weighted by Crippen LogP contribution is 2.28. The fourth-order valence-corrected chi connectivity index (χ4v) is 4.48. The topological polar surface area (TPSA) is 58.2 Å². The predicted molar refractivity (Wildman–Crippen MR) is 123 cm³/mol. The second kappa shape index (κ2) is 9.76. The number of anilines is 2. The molecule has 0 spiro atoms. The van der Waals surface area contributed by atoms with E-state index in [1.807, 2.05) is 67.8 Å². The van der Waals surface area contributed by atoms with Crippen LogP contribution in [0.2, 0.25) is 0 Å². The highest BCUT2D eigenvalue weighted by Gasteiger charge is 2.17. The molecule has 0 saturated carbocycles. The Morgan fingerprint density at radius 3 is 2.59 bits per heavy atom. The second-order valence-electron chi connectivity index (χ2n) is 6.67. The van der Waals surface area contributed by atoms with Crippen molar-refractivity contribution in [3.63, 3.8) is 0 Å². The van der Waals surface area contributed by atoms with Crippen LogP contribution in [0.1, 0.15) is 34.6 Å². The molecule has 0 bridgehead atoms. The van der Waals surface area contributed by atoms with Crippen molar-refractivity contribution in [2.75, 3.05) is 10.6 Å². The molecule has 6 heteroatoms. The Labute approximate surface area is 179 Å². The van der Waals surface area contributed by atoms with E-state index in [-0.39, 0.29) is 17.1 Å². The van der Waals surface area contributed by atoms with Gasteiger partial charge >= 0.3 is 0 Å². The fraction of sp³-hybridized carbons (Fsp3) is 0.217. The third-order valence-corrected chi connectivity index (χ3v) is 6.47. The summed E-state index contributed by atoms with van der Waals surface area (Å²) in [5.41, 5.74) is 3.82. The van der Waals surface area contributed by atoms with Gasteiger partial charge in [0.25, 0.3) is 5.91 Å². The van der Waals surface area contributed by atoms with Crippen molar-refractivity contribution in [1.82, 2.24) is 0 Å². The first-order chi connectivity index (χ1) is 14.0. The smallest absolute Gasteiger partial charge is 0.265 e. The number of para-hydroxylation sites is 1. The molecule has 0 aliphatic carbocycles. The molecular weight excluding hydrogens is 400 g/mol. The van der Waals surface area contributed by atoms with Crippen molar-refractivity contribution >= 4 is 46.3 Å². The number of carbonyl (C=O) groups excluding carboxylic acids is 2. The van der Waals surface area contributed by atoms with Crippen molar-refractivity contribution in [3.8, 4) is 0 Å². The van der Waals surface area contributed by atoms with Crippen LogP contribution in [0, 0.1) is 6.92 Å². The molecular formula is C23H24N2O2S2. The minimum absolute atomic E-state index is 0.0352. The van der Waals surface area contributed by atoms with Crippen LogP contribution in [0.5, 0.6) is 0 Å². The molecule has 1 unspecified atom stereocenters. The van der Waals surface area contributed by atoms with Gasteiger partial charge in [0.2, 0.25) is 5.91 Å². The summed E-state index contributed by atoms with van der Waals surface area (Å²) in [4.78, 5) is 26.6. The molecule has 0 aliphatic heterocycles. The van der Waals surface area contributed by atoms with Gasteiger partial charge in [0, 0.05) is 16.3 Å². The van der Waals surface area contributed by atoms with Gasteiger partial charge < -0.3 is 10.6 Å². The van der Waals surface area contributed by atoms with E-state index in [1.54, 1.807) is 6.07 Å².